The Hall–Kier alpha value is -3.88. The number of amides is 2. The van der Waals surface area contributed by atoms with Crippen molar-refractivity contribution in [2.24, 2.45) is 0 Å². The van der Waals surface area contributed by atoms with Crippen LogP contribution in [0, 0.1) is 0 Å². The first-order chi connectivity index (χ1) is 16.6. The molecule has 2 heterocycles. The Labute approximate surface area is 198 Å². The van der Waals surface area contributed by atoms with Crippen LogP contribution in [0.1, 0.15) is 42.1 Å². The van der Waals surface area contributed by atoms with Crippen LogP contribution in [-0.4, -0.2) is 57.8 Å². The third kappa shape index (κ3) is 5.92. The number of carbonyl (C=O) groups excluding carboxylic acids is 2. The molecular formula is C25H29N5O4. The topological polar surface area (TPSA) is 98.6 Å². The minimum absolute atomic E-state index is 0.0289. The van der Waals surface area contributed by atoms with Gasteiger partial charge in [0.25, 0.3) is 11.8 Å². The average Bonchev–Trinajstić information content (AvgIpc) is 3.42. The van der Waals surface area contributed by atoms with Gasteiger partial charge in [-0.15, -0.1) is 0 Å². The van der Waals surface area contributed by atoms with E-state index in [1.807, 2.05) is 36.1 Å². The highest BCUT2D eigenvalue weighted by Crippen LogP contribution is 2.29. The number of aromatic nitrogens is 3. The Morgan fingerprint density at radius 1 is 1.00 bits per heavy atom. The summed E-state index contributed by atoms with van der Waals surface area (Å²) in [5, 5.41) is 7.02. The van der Waals surface area contributed by atoms with Crippen molar-refractivity contribution in [3.63, 3.8) is 0 Å². The van der Waals surface area contributed by atoms with Gasteiger partial charge in [0.05, 0.1) is 12.3 Å². The molecule has 0 atom stereocenters. The smallest absolute Gasteiger partial charge is 0.260 e. The zero-order valence-electron chi connectivity index (χ0n) is 19.3. The fraction of sp³-hybridized carbons (Fsp3) is 0.360. The lowest BCUT2D eigenvalue weighted by Gasteiger charge is -2.26. The summed E-state index contributed by atoms with van der Waals surface area (Å²) in [7, 11) is 0. The highest BCUT2D eigenvalue weighted by atomic mass is 16.5. The Morgan fingerprint density at radius 2 is 1.79 bits per heavy atom. The summed E-state index contributed by atoms with van der Waals surface area (Å²) >= 11 is 0. The molecule has 0 unspecified atom stereocenters. The number of nitrogens with one attached hydrogen (secondary N) is 1. The first kappa shape index (κ1) is 23.3. The number of piperidine rings is 1. The van der Waals surface area contributed by atoms with Crippen molar-refractivity contribution in [3.05, 3.63) is 66.2 Å². The summed E-state index contributed by atoms with van der Waals surface area (Å²) in [6.07, 6.45) is 6.34. The van der Waals surface area contributed by atoms with Crippen LogP contribution < -0.4 is 14.8 Å². The molecule has 9 nitrogen and oxygen atoms in total. The molecule has 34 heavy (non-hydrogen) atoms. The molecule has 2 aromatic carbocycles. The fourth-order valence-corrected chi connectivity index (χ4v) is 3.80. The second-order valence-electron chi connectivity index (χ2n) is 8.01. The molecular weight excluding hydrogens is 434 g/mol. The lowest BCUT2D eigenvalue weighted by Crippen LogP contribution is -2.38. The summed E-state index contributed by atoms with van der Waals surface area (Å²) < 4.78 is 13.1. The Bertz CT molecular complexity index is 1090. The predicted molar refractivity (Wildman–Crippen MR) is 126 cm³/mol. The lowest BCUT2D eigenvalue weighted by atomic mass is 10.1. The van der Waals surface area contributed by atoms with Gasteiger partial charge in [-0.2, -0.15) is 5.10 Å². The van der Waals surface area contributed by atoms with Crippen molar-refractivity contribution in [3.8, 4) is 17.2 Å². The molecule has 4 rings (SSSR count). The first-order valence-electron chi connectivity index (χ1n) is 11.5. The van der Waals surface area contributed by atoms with E-state index in [2.05, 4.69) is 15.4 Å². The molecule has 1 aromatic heterocycles. The van der Waals surface area contributed by atoms with Crippen LogP contribution in [0.2, 0.25) is 0 Å². The average molecular weight is 464 g/mol. The standard InChI is InChI=1S/C25H29N5O4/c1-2-33-23-14-20(8-11-22(23)34-16-24(31)29-12-4-3-5-13-29)25(32)27-15-19-6-9-21(10-7-19)30-18-26-17-28-30/h6-11,14,17-18H,2-5,12-13,15-16H2,1H3,(H,27,32). The Balaban J connectivity index is 1.34. The summed E-state index contributed by atoms with van der Waals surface area (Å²) in [4.78, 5) is 30.9. The summed E-state index contributed by atoms with van der Waals surface area (Å²) in [5.41, 5.74) is 2.30. The van der Waals surface area contributed by atoms with E-state index in [4.69, 9.17) is 9.47 Å². The Kier molecular flexibility index (Phi) is 7.75. The zero-order chi connectivity index (χ0) is 23.8. The molecule has 3 aromatic rings. The van der Waals surface area contributed by atoms with Crippen molar-refractivity contribution >= 4 is 11.8 Å². The van der Waals surface area contributed by atoms with Gasteiger partial charge in [-0.3, -0.25) is 9.59 Å². The van der Waals surface area contributed by atoms with Crippen molar-refractivity contribution in [2.45, 2.75) is 32.7 Å². The summed E-state index contributed by atoms with van der Waals surface area (Å²) in [6.45, 7) is 4.17. The molecule has 1 N–H and O–H groups in total. The number of hydrogen-bond acceptors (Lipinski definition) is 6. The number of nitrogens with zero attached hydrogens (tertiary/aromatic N) is 4. The van der Waals surface area contributed by atoms with E-state index in [0.29, 0.717) is 30.2 Å². The van der Waals surface area contributed by atoms with Gasteiger partial charge in [0.1, 0.15) is 12.7 Å². The van der Waals surface area contributed by atoms with Gasteiger partial charge in [-0.25, -0.2) is 9.67 Å². The van der Waals surface area contributed by atoms with Gasteiger partial charge in [-0.1, -0.05) is 12.1 Å². The molecule has 0 radical (unpaired) electrons. The molecule has 1 aliphatic heterocycles. The maximum Gasteiger partial charge on any atom is 0.260 e. The molecule has 0 bridgehead atoms. The molecule has 0 aliphatic carbocycles. The van der Waals surface area contributed by atoms with Crippen LogP contribution >= 0.6 is 0 Å². The number of hydrogen-bond donors (Lipinski definition) is 1. The molecule has 0 saturated carbocycles. The quantitative estimate of drug-likeness (QED) is 0.524. The van der Waals surface area contributed by atoms with Crippen molar-refractivity contribution in [1.82, 2.24) is 25.0 Å². The van der Waals surface area contributed by atoms with E-state index >= 15 is 0 Å². The van der Waals surface area contributed by atoms with E-state index in [1.165, 1.54) is 6.33 Å². The first-order valence-corrected chi connectivity index (χ1v) is 11.5. The molecule has 9 heteroatoms. The summed E-state index contributed by atoms with van der Waals surface area (Å²) in [5.74, 6) is 0.641. The van der Waals surface area contributed by atoms with Crippen molar-refractivity contribution in [2.75, 3.05) is 26.3 Å². The number of ether oxygens (including phenoxy) is 2. The van der Waals surface area contributed by atoms with Gasteiger partial charge in [0, 0.05) is 25.2 Å². The molecule has 0 spiro atoms. The SMILES string of the molecule is CCOc1cc(C(=O)NCc2ccc(-n3cncn3)cc2)ccc1OCC(=O)N1CCCCC1. The molecule has 2 amide bonds. The van der Waals surface area contributed by atoms with E-state index < -0.39 is 0 Å². The zero-order valence-corrected chi connectivity index (χ0v) is 19.3. The minimum atomic E-state index is -0.225. The normalized spacial score (nSPS) is 13.4. The maximum atomic E-state index is 12.7. The maximum absolute atomic E-state index is 12.7. The minimum Gasteiger partial charge on any atom is -0.490 e. The Morgan fingerprint density at radius 3 is 2.50 bits per heavy atom. The highest BCUT2D eigenvalue weighted by Gasteiger charge is 2.18. The highest BCUT2D eigenvalue weighted by molar-refractivity contribution is 5.94. The third-order valence-electron chi connectivity index (χ3n) is 5.64. The second kappa shape index (κ2) is 11.3. The lowest BCUT2D eigenvalue weighted by molar-refractivity contribution is -0.134. The number of carbonyl (C=O) groups is 2. The van der Waals surface area contributed by atoms with Gasteiger partial charge in [0.15, 0.2) is 18.1 Å². The van der Waals surface area contributed by atoms with Crippen molar-refractivity contribution in [1.29, 1.82) is 0 Å². The number of rotatable bonds is 9. The van der Waals surface area contributed by atoms with Crippen LogP contribution in [0.15, 0.2) is 55.1 Å². The van der Waals surface area contributed by atoms with E-state index in [0.717, 1.165) is 43.6 Å². The monoisotopic (exact) mass is 463 g/mol. The summed E-state index contributed by atoms with van der Waals surface area (Å²) in [6, 6.07) is 12.7. The molecule has 1 fully saturated rings. The van der Waals surface area contributed by atoms with Crippen LogP contribution in [-0.2, 0) is 11.3 Å². The van der Waals surface area contributed by atoms with Crippen LogP contribution in [0.5, 0.6) is 11.5 Å². The predicted octanol–water partition coefficient (Wildman–Crippen LogP) is 2.99. The second-order valence-corrected chi connectivity index (χ2v) is 8.01. The van der Waals surface area contributed by atoms with Gasteiger partial charge in [-0.05, 0) is 62.1 Å². The van der Waals surface area contributed by atoms with Gasteiger partial charge in [0.2, 0.25) is 0 Å². The van der Waals surface area contributed by atoms with Crippen LogP contribution in [0.25, 0.3) is 5.69 Å². The van der Waals surface area contributed by atoms with E-state index in [1.54, 1.807) is 29.2 Å². The van der Waals surface area contributed by atoms with Crippen LogP contribution in [0.3, 0.4) is 0 Å². The van der Waals surface area contributed by atoms with Gasteiger partial charge < -0.3 is 19.7 Å². The number of likely N-dealkylation sites (tertiary alicyclic amines) is 1. The third-order valence-corrected chi connectivity index (χ3v) is 5.64. The molecule has 1 aliphatic rings. The van der Waals surface area contributed by atoms with E-state index in [-0.39, 0.29) is 18.4 Å². The van der Waals surface area contributed by atoms with Crippen LogP contribution in [0.4, 0.5) is 0 Å². The molecule has 1 saturated heterocycles. The largest absolute Gasteiger partial charge is 0.490 e. The fourth-order valence-electron chi connectivity index (χ4n) is 3.80. The van der Waals surface area contributed by atoms with Crippen molar-refractivity contribution < 1.29 is 19.1 Å². The van der Waals surface area contributed by atoms with E-state index in [9.17, 15) is 9.59 Å². The van der Waals surface area contributed by atoms with Gasteiger partial charge >= 0.3 is 0 Å². The molecule has 178 valence electrons. The number of benzene rings is 2.